The van der Waals surface area contributed by atoms with Crippen molar-refractivity contribution in [2.24, 2.45) is 10.1 Å². The van der Waals surface area contributed by atoms with Crippen LogP contribution >= 0.6 is 0 Å². The van der Waals surface area contributed by atoms with Crippen LogP contribution in [0.2, 0.25) is 0 Å². The number of nitrogens with one attached hydrogen (secondary N) is 1. The van der Waals surface area contributed by atoms with E-state index in [9.17, 15) is 9.90 Å². The van der Waals surface area contributed by atoms with E-state index in [0.717, 1.165) is 19.5 Å². The maximum atomic E-state index is 11.6. The number of carbonyl (C=O) groups is 1. The number of allylic oxidation sites excluding steroid dienone is 2. The Bertz CT molecular complexity index is 470. The van der Waals surface area contributed by atoms with Gasteiger partial charge in [-0.25, -0.2) is 0 Å². The Morgan fingerprint density at radius 1 is 1.59 bits per heavy atom. The third-order valence-electron chi connectivity index (χ3n) is 2.48. The molecule has 0 aromatic rings. The Kier molecular flexibility index (Phi) is 3.13. The van der Waals surface area contributed by atoms with E-state index in [1.165, 1.54) is 18.5 Å². The maximum Gasteiger partial charge on any atom is 0.151 e. The summed E-state index contributed by atoms with van der Waals surface area (Å²) in [6.07, 6.45) is 5.65. The SMILES string of the molecule is N=C(/C=C(\C=O)C([O-])=NN1CCC1)C1=CN=C1. The van der Waals surface area contributed by atoms with Crippen LogP contribution in [0.3, 0.4) is 0 Å². The monoisotopic (exact) mass is 231 g/mol. The summed E-state index contributed by atoms with van der Waals surface area (Å²) in [7, 11) is 0. The van der Waals surface area contributed by atoms with Gasteiger partial charge in [0.15, 0.2) is 6.29 Å². The predicted octanol–water partition coefficient (Wildman–Crippen LogP) is -0.521. The summed E-state index contributed by atoms with van der Waals surface area (Å²) in [5, 5.41) is 24.6. The number of rotatable bonds is 5. The molecular formula is C11H11N4O2-. The lowest BCUT2D eigenvalue weighted by Gasteiger charge is -2.30. The van der Waals surface area contributed by atoms with E-state index >= 15 is 0 Å². The Labute approximate surface area is 98.2 Å². The van der Waals surface area contributed by atoms with Gasteiger partial charge in [-0.05, 0) is 12.5 Å². The number of carbonyl (C=O) groups excluding carboxylic acids is 1. The molecule has 0 spiro atoms. The molecule has 6 nitrogen and oxygen atoms in total. The van der Waals surface area contributed by atoms with E-state index in [-0.39, 0.29) is 11.3 Å². The zero-order valence-corrected chi connectivity index (χ0v) is 9.09. The highest BCUT2D eigenvalue weighted by Crippen LogP contribution is 2.08. The molecule has 0 amide bonds. The van der Waals surface area contributed by atoms with Crippen LogP contribution in [0.25, 0.3) is 0 Å². The van der Waals surface area contributed by atoms with Gasteiger partial charge in [0.1, 0.15) is 0 Å². The van der Waals surface area contributed by atoms with Crippen molar-refractivity contribution < 1.29 is 9.90 Å². The summed E-state index contributed by atoms with van der Waals surface area (Å²) in [5.74, 6) is -0.596. The fraction of sp³-hybridized carbons (Fsp3) is 0.273. The van der Waals surface area contributed by atoms with E-state index in [1.807, 2.05) is 0 Å². The van der Waals surface area contributed by atoms with Crippen molar-refractivity contribution in [3.05, 3.63) is 23.4 Å². The first-order chi connectivity index (χ1) is 8.20. The number of nitrogens with zero attached hydrogens (tertiary/aromatic N) is 3. The molecule has 2 aliphatic heterocycles. The summed E-state index contributed by atoms with van der Waals surface area (Å²) < 4.78 is 0. The largest absolute Gasteiger partial charge is 0.857 e. The summed E-state index contributed by atoms with van der Waals surface area (Å²) in [6, 6.07) is 0. The molecule has 0 aromatic heterocycles. The van der Waals surface area contributed by atoms with Crippen LogP contribution < -0.4 is 5.11 Å². The summed E-state index contributed by atoms with van der Waals surface area (Å²) in [4.78, 5) is 14.5. The van der Waals surface area contributed by atoms with E-state index in [2.05, 4.69) is 10.1 Å². The minimum absolute atomic E-state index is 0.0919. The van der Waals surface area contributed by atoms with Gasteiger partial charge in [0.25, 0.3) is 0 Å². The Hall–Kier alpha value is -2.24. The van der Waals surface area contributed by atoms with Gasteiger partial charge in [0, 0.05) is 42.5 Å². The highest BCUT2D eigenvalue weighted by molar-refractivity contribution is 6.25. The van der Waals surface area contributed by atoms with Crippen LogP contribution in [0.1, 0.15) is 6.42 Å². The van der Waals surface area contributed by atoms with Crippen molar-refractivity contribution in [3.8, 4) is 0 Å². The highest BCUT2D eigenvalue weighted by Gasteiger charge is 2.11. The minimum Gasteiger partial charge on any atom is -0.857 e. The lowest BCUT2D eigenvalue weighted by atomic mass is 10.1. The molecule has 2 heterocycles. The number of hydrogen-bond donors (Lipinski definition) is 1. The smallest absolute Gasteiger partial charge is 0.151 e. The molecule has 1 fully saturated rings. The molecule has 1 N–H and O–H groups in total. The van der Waals surface area contributed by atoms with Gasteiger partial charge >= 0.3 is 0 Å². The number of aliphatic imine (C=N–C) groups is 1. The molecule has 0 aliphatic carbocycles. The first kappa shape index (κ1) is 11.3. The van der Waals surface area contributed by atoms with Crippen molar-refractivity contribution >= 4 is 24.1 Å². The summed E-state index contributed by atoms with van der Waals surface area (Å²) in [6.45, 7) is 1.49. The molecule has 0 atom stereocenters. The quantitative estimate of drug-likeness (QED) is 0.298. The fourth-order valence-electron chi connectivity index (χ4n) is 1.26. The van der Waals surface area contributed by atoms with E-state index in [1.54, 1.807) is 5.01 Å². The normalized spacial score (nSPS) is 19.3. The lowest BCUT2D eigenvalue weighted by Crippen LogP contribution is -2.36. The standard InChI is InChI=1S/C11H12N4O2/c12-10(9-5-13-6-9)4-8(7-16)11(17)14-15-2-1-3-15/h4-7,12H,1-3H2,(H,14,17)/p-1/b8-4+,12-10?. The van der Waals surface area contributed by atoms with Gasteiger partial charge in [-0.1, -0.05) is 0 Å². The van der Waals surface area contributed by atoms with Crippen molar-refractivity contribution in [2.75, 3.05) is 13.1 Å². The molecule has 0 bridgehead atoms. The first-order valence-electron chi connectivity index (χ1n) is 5.21. The number of hydrazone groups is 1. The van der Waals surface area contributed by atoms with E-state index < -0.39 is 5.90 Å². The van der Waals surface area contributed by atoms with E-state index in [4.69, 9.17) is 5.41 Å². The molecule has 2 rings (SSSR count). The second-order valence-corrected chi connectivity index (χ2v) is 3.71. The zero-order chi connectivity index (χ0) is 12.3. The summed E-state index contributed by atoms with van der Waals surface area (Å²) >= 11 is 0. The van der Waals surface area contributed by atoms with E-state index in [0.29, 0.717) is 11.9 Å². The second-order valence-electron chi connectivity index (χ2n) is 3.71. The number of hydrogen-bond acceptors (Lipinski definition) is 6. The molecule has 17 heavy (non-hydrogen) atoms. The molecule has 0 saturated carbocycles. The lowest BCUT2D eigenvalue weighted by molar-refractivity contribution is -0.215. The molecule has 6 heteroatoms. The molecule has 0 radical (unpaired) electrons. The van der Waals surface area contributed by atoms with Crippen molar-refractivity contribution in [2.45, 2.75) is 6.42 Å². The van der Waals surface area contributed by atoms with Crippen LogP contribution in [0.4, 0.5) is 0 Å². The van der Waals surface area contributed by atoms with Crippen molar-refractivity contribution in [3.63, 3.8) is 0 Å². The summed E-state index contributed by atoms with van der Waals surface area (Å²) in [5.41, 5.74) is 0.582. The molecule has 2 aliphatic rings. The second kappa shape index (κ2) is 4.73. The van der Waals surface area contributed by atoms with Gasteiger partial charge in [-0.3, -0.25) is 14.8 Å². The van der Waals surface area contributed by atoms with Gasteiger partial charge < -0.3 is 10.5 Å². The van der Waals surface area contributed by atoms with Gasteiger partial charge in [-0.2, -0.15) is 5.10 Å². The fourth-order valence-corrected chi connectivity index (χ4v) is 1.26. The van der Waals surface area contributed by atoms with Crippen molar-refractivity contribution in [1.29, 1.82) is 5.41 Å². The topological polar surface area (TPSA) is 91.9 Å². The van der Waals surface area contributed by atoms with Gasteiger partial charge in [-0.15, -0.1) is 0 Å². The molecular weight excluding hydrogens is 220 g/mol. The Morgan fingerprint density at radius 2 is 2.29 bits per heavy atom. The van der Waals surface area contributed by atoms with Crippen LogP contribution in [-0.2, 0) is 4.79 Å². The van der Waals surface area contributed by atoms with Crippen LogP contribution in [0.5, 0.6) is 0 Å². The molecule has 0 unspecified atom stereocenters. The Morgan fingerprint density at radius 3 is 2.71 bits per heavy atom. The first-order valence-corrected chi connectivity index (χ1v) is 5.21. The van der Waals surface area contributed by atoms with Gasteiger partial charge in [0.05, 0.1) is 5.71 Å². The molecule has 1 saturated heterocycles. The average molecular weight is 231 g/mol. The maximum absolute atomic E-state index is 11.6. The average Bonchev–Trinajstić information content (AvgIpc) is 2.17. The van der Waals surface area contributed by atoms with Crippen LogP contribution in [0.15, 0.2) is 33.5 Å². The predicted molar refractivity (Wildman–Crippen MR) is 62.1 cm³/mol. The molecule has 0 aromatic carbocycles. The third kappa shape index (κ3) is 2.47. The minimum atomic E-state index is -0.596. The highest BCUT2D eigenvalue weighted by atomic mass is 16.3. The third-order valence-corrected chi connectivity index (χ3v) is 2.48. The number of aldehydes is 1. The Balaban J connectivity index is 2.08. The van der Waals surface area contributed by atoms with Crippen LogP contribution in [0, 0.1) is 5.41 Å². The van der Waals surface area contributed by atoms with Crippen molar-refractivity contribution in [1.82, 2.24) is 5.01 Å². The van der Waals surface area contributed by atoms with Gasteiger partial charge in [0.2, 0.25) is 0 Å². The zero-order valence-electron chi connectivity index (χ0n) is 9.09. The molecule has 88 valence electrons. The van der Waals surface area contributed by atoms with Crippen LogP contribution in [-0.4, -0.2) is 42.2 Å².